The van der Waals surface area contributed by atoms with Gasteiger partial charge < -0.3 is 0 Å². The molecule has 0 amide bonds. The molecule has 0 aliphatic carbocycles. The van der Waals surface area contributed by atoms with Crippen LogP contribution in [0.1, 0.15) is 5.69 Å². The van der Waals surface area contributed by atoms with Crippen molar-refractivity contribution in [1.82, 2.24) is 19.6 Å². The van der Waals surface area contributed by atoms with Crippen LogP contribution in [0.25, 0.3) is 31.7 Å². The molecule has 0 saturated carbocycles. The van der Waals surface area contributed by atoms with E-state index in [0.717, 1.165) is 21.5 Å². The third-order valence-corrected chi connectivity index (χ3v) is 5.84. The van der Waals surface area contributed by atoms with Gasteiger partial charge in [0.1, 0.15) is 16.9 Å². The van der Waals surface area contributed by atoms with E-state index in [1.54, 1.807) is 17.5 Å². The van der Waals surface area contributed by atoms with Crippen molar-refractivity contribution in [2.75, 3.05) is 0 Å². The Morgan fingerprint density at radius 3 is 2.78 bits per heavy atom. The van der Waals surface area contributed by atoms with Gasteiger partial charge in [0.15, 0.2) is 0 Å². The molecule has 5 rings (SSSR count). The van der Waals surface area contributed by atoms with E-state index in [0.29, 0.717) is 15.9 Å². The fourth-order valence-corrected chi connectivity index (χ4v) is 4.49. The zero-order chi connectivity index (χ0) is 18.2. The Balaban J connectivity index is 1.58. The quantitative estimate of drug-likeness (QED) is 0.437. The topological polar surface area (TPSA) is 73.0 Å². The fraction of sp³-hybridized carbons (Fsp3) is 0. The summed E-state index contributed by atoms with van der Waals surface area (Å²) in [6, 6.07) is 11.6. The van der Waals surface area contributed by atoms with Gasteiger partial charge in [-0.15, -0.1) is 22.7 Å². The van der Waals surface area contributed by atoms with Gasteiger partial charge in [-0.2, -0.15) is 9.78 Å². The smallest absolute Gasteiger partial charge is 0.267 e. The summed E-state index contributed by atoms with van der Waals surface area (Å²) in [5.74, 6) is 0. The highest BCUT2D eigenvalue weighted by atomic mass is 32.1. The zero-order valence-electron chi connectivity index (χ0n) is 13.8. The summed E-state index contributed by atoms with van der Waals surface area (Å²) in [5.41, 5.74) is 2.87. The third kappa shape index (κ3) is 2.84. The predicted molar refractivity (Wildman–Crippen MR) is 110 cm³/mol. The van der Waals surface area contributed by atoms with E-state index in [1.165, 1.54) is 28.6 Å². The molecule has 130 valence electrons. The molecule has 8 heteroatoms. The molecule has 0 aliphatic heterocycles. The number of fused-ring (bicyclic) bond motifs is 2. The number of nitrogens with zero attached hydrogens (tertiary/aromatic N) is 5. The van der Waals surface area contributed by atoms with Gasteiger partial charge in [-0.05, 0) is 23.6 Å². The van der Waals surface area contributed by atoms with Crippen molar-refractivity contribution in [3.05, 3.63) is 75.7 Å². The lowest BCUT2D eigenvalue weighted by Gasteiger charge is -2.00. The summed E-state index contributed by atoms with van der Waals surface area (Å²) < 4.78 is 1.24. The number of para-hydroxylation sites is 2. The Labute approximate surface area is 161 Å². The lowest BCUT2D eigenvalue weighted by atomic mass is 10.2. The average Bonchev–Trinajstić information content (AvgIpc) is 3.37. The van der Waals surface area contributed by atoms with Crippen LogP contribution in [-0.4, -0.2) is 25.8 Å². The Hall–Kier alpha value is -3.23. The van der Waals surface area contributed by atoms with Crippen molar-refractivity contribution in [1.29, 1.82) is 0 Å². The minimum Gasteiger partial charge on any atom is -0.267 e. The van der Waals surface area contributed by atoms with E-state index in [2.05, 4.69) is 20.1 Å². The van der Waals surface area contributed by atoms with Crippen LogP contribution in [-0.2, 0) is 0 Å². The van der Waals surface area contributed by atoms with Crippen LogP contribution in [0.15, 0.2) is 69.6 Å². The van der Waals surface area contributed by atoms with Crippen LogP contribution in [0.4, 0.5) is 0 Å². The standard InChI is InChI=1S/C19H11N5OS2/c25-19-17-13(16-6-3-7-26-16)10-27-18(17)21-11-24(19)22-9-12-8-20-14-4-1-2-5-15(14)23-12/h1-11H/b22-9-. The largest absolute Gasteiger partial charge is 0.283 e. The van der Waals surface area contributed by atoms with Crippen LogP contribution < -0.4 is 5.56 Å². The summed E-state index contributed by atoms with van der Waals surface area (Å²) >= 11 is 3.05. The highest BCUT2D eigenvalue weighted by Gasteiger charge is 2.13. The molecule has 0 atom stereocenters. The van der Waals surface area contributed by atoms with Gasteiger partial charge in [-0.25, -0.2) is 9.97 Å². The summed E-state index contributed by atoms with van der Waals surface area (Å²) in [6.45, 7) is 0. The van der Waals surface area contributed by atoms with E-state index < -0.39 is 0 Å². The molecule has 0 bridgehead atoms. The van der Waals surface area contributed by atoms with Gasteiger partial charge in [-0.1, -0.05) is 18.2 Å². The van der Waals surface area contributed by atoms with Gasteiger partial charge in [0.2, 0.25) is 0 Å². The molecule has 4 aromatic heterocycles. The Morgan fingerprint density at radius 1 is 1.04 bits per heavy atom. The molecule has 5 aromatic rings. The summed E-state index contributed by atoms with van der Waals surface area (Å²) in [7, 11) is 0. The lowest BCUT2D eigenvalue weighted by Crippen LogP contribution is -2.16. The van der Waals surface area contributed by atoms with Crippen molar-refractivity contribution < 1.29 is 0 Å². The molecule has 0 unspecified atom stereocenters. The first-order valence-corrected chi connectivity index (χ1v) is 9.84. The fourth-order valence-electron chi connectivity index (χ4n) is 2.77. The molecule has 0 radical (unpaired) electrons. The number of thiophene rings is 2. The average molecular weight is 389 g/mol. The predicted octanol–water partition coefficient (Wildman–Crippen LogP) is 4.01. The molecule has 1 aromatic carbocycles. The van der Waals surface area contributed by atoms with Gasteiger partial charge >= 0.3 is 0 Å². The van der Waals surface area contributed by atoms with Gasteiger partial charge in [0.25, 0.3) is 5.56 Å². The molecule has 0 spiro atoms. The van der Waals surface area contributed by atoms with E-state index in [4.69, 9.17) is 0 Å². The number of hydrogen-bond donors (Lipinski definition) is 0. The summed E-state index contributed by atoms with van der Waals surface area (Å²) in [6.07, 6.45) is 4.58. The van der Waals surface area contributed by atoms with Crippen LogP contribution in [0.5, 0.6) is 0 Å². The molecule has 0 aliphatic rings. The number of aromatic nitrogens is 4. The van der Waals surface area contributed by atoms with E-state index >= 15 is 0 Å². The lowest BCUT2D eigenvalue weighted by molar-refractivity contribution is 0.818. The maximum atomic E-state index is 12.9. The second kappa shape index (κ2) is 6.49. The molecule has 0 N–H and O–H groups in total. The highest BCUT2D eigenvalue weighted by Crippen LogP contribution is 2.33. The maximum absolute atomic E-state index is 12.9. The molecular weight excluding hydrogens is 378 g/mol. The van der Waals surface area contributed by atoms with Crippen molar-refractivity contribution in [2.45, 2.75) is 0 Å². The van der Waals surface area contributed by atoms with Gasteiger partial charge in [0, 0.05) is 15.8 Å². The summed E-state index contributed by atoms with van der Waals surface area (Å²) in [5, 5.41) is 8.80. The maximum Gasteiger partial charge on any atom is 0.283 e. The SMILES string of the molecule is O=c1c2c(-c3cccs3)csc2ncn1/N=C\c1cnc2ccccc2n1. The monoisotopic (exact) mass is 389 g/mol. The Bertz CT molecular complexity index is 1350. The first-order chi connectivity index (χ1) is 13.3. The van der Waals surface area contributed by atoms with Crippen LogP contribution in [0, 0.1) is 0 Å². The minimum atomic E-state index is -0.199. The molecular formula is C19H11N5OS2. The van der Waals surface area contributed by atoms with Crippen LogP contribution >= 0.6 is 22.7 Å². The van der Waals surface area contributed by atoms with Gasteiger partial charge in [0.05, 0.1) is 28.8 Å². The van der Waals surface area contributed by atoms with Crippen molar-refractivity contribution in [3.63, 3.8) is 0 Å². The first kappa shape index (κ1) is 16.0. The van der Waals surface area contributed by atoms with Gasteiger partial charge in [-0.3, -0.25) is 9.78 Å². The molecule has 0 fully saturated rings. The minimum absolute atomic E-state index is 0.199. The number of benzene rings is 1. The third-order valence-electron chi connectivity index (χ3n) is 4.05. The Morgan fingerprint density at radius 2 is 1.93 bits per heavy atom. The van der Waals surface area contributed by atoms with Crippen molar-refractivity contribution in [3.8, 4) is 10.4 Å². The molecule has 4 heterocycles. The number of hydrogen-bond acceptors (Lipinski definition) is 7. The van der Waals surface area contributed by atoms with E-state index in [9.17, 15) is 4.79 Å². The number of rotatable bonds is 3. The van der Waals surface area contributed by atoms with Crippen LogP contribution in [0.3, 0.4) is 0 Å². The normalized spacial score (nSPS) is 11.7. The molecule has 27 heavy (non-hydrogen) atoms. The van der Waals surface area contributed by atoms with E-state index in [1.807, 2.05) is 47.2 Å². The zero-order valence-corrected chi connectivity index (χ0v) is 15.4. The molecule has 0 saturated heterocycles. The van der Waals surface area contributed by atoms with E-state index in [-0.39, 0.29) is 5.56 Å². The van der Waals surface area contributed by atoms with Crippen LogP contribution in [0.2, 0.25) is 0 Å². The first-order valence-electron chi connectivity index (χ1n) is 8.08. The Kier molecular flexibility index (Phi) is 3.84. The molecule has 6 nitrogen and oxygen atoms in total. The van der Waals surface area contributed by atoms with Crippen molar-refractivity contribution >= 4 is 50.1 Å². The second-order valence-electron chi connectivity index (χ2n) is 5.73. The summed E-state index contributed by atoms with van der Waals surface area (Å²) in [4.78, 5) is 27.9. The highest BCUT2D eigenvalue weighted by molar-refractivity contribution is 7.18. The van der Waals surface area contributed by atoms with Crippen molar-refractivity contribution in [2.24, 2.45) is 5.10 Å². The second-order valence-corrected chi connectivity index (χ2v) is 7.54.